The topological polar surface area (TPSA) is 76.0 Å². The summed E-state index contributed by atoms with van der Waals surface area (Å²) in [6.45, 7) is 3.07. The second-order valence-corrected chi connectivity index (χ2v) is 6.99. The Morgan fingerprint density at radius 1 is 0.733 bits per heavy atom. The van der Waals surface area contributed by atoms with E-state index in [0.717, 1.165) is 0 Å². The van der Waals surface area contributed by atoms with Crippen LogP contribution >= 0.6 is 0 Å². The molecule has 4 atom stereocenters. The standard InChI is InChI=1S/C19H32F6O5/c1-3-29-14(16(27)18(20,21)22)11-7-5-9-13(26)10-6-8-12-15(30-4-2)17(28)19(23,24)25/h14-17,27-28H,3-12H2,1-2H3. The van der Waals surface area contributed by atoms with Gasteiger partial charge in [0.05, 0.1) is 12.2 Å². The maximum Gasteiger partial charge on any atom is 0.416 e. The molecule has 5 nitrogen and oxygen atoms in total. The zero-order valence-corrected chi connectivity index (χ0v) is 17.3. The molecule has 0 saturated carbocycles. The number of alkyl halides is 6. The molecule has 30 heavy (non-hydrogen) atoms. The van der Waals surface area contributed by atoms with Crippen LogP contribution in [0.15, 0.2) is 0 Å². The van der Waals surface area contributed by atoms with Gasteiger partial charge in [0.15, 0.2) is 12.2 Å². The maximum atomic E-state index is 12.6. The number of unbranched alkanes of at least 4 members (excludes halogenated alkanes) is 2. The minimum atomic E-state index is -4.78. The number of rotatable bonds is 16. The molecule has 0 aliphatic rings. The van der Waals surface area contributed by atoms with Crippen LogP contribution in [0.4, 0.5) is 26.3 Å². The van der Waals surface area contributed by atoms with Crippen molar-refractivity contribution in [2.75, 3.05) is 13.2 Å². The molecule has 0 bridgehead atoms. The molecule has 0 rings (SSSR count). The summed E-state index contributed by atoms with van der Waals surface area (Å²) in [5, 5.41) is 18.6. The van der Waals surface area contributed by atoms with Crippen molar-refractivity contribution in [2.24, 2.45) is 0 Å². The number of carbonyl (C=O) groups excluding carboxylic acids is 1. The van der Waals surface area contributed by atoms with Crippen molar-refractivity contribution >= 4 is 5.78 Å². The molecule has 180 valence electrons. The summed E-state index contributed by atoms with van der Waals surface area (Å²) in [5.41, 5.74) is 0. The zero-order valence-electron chi connectivity index (χ0n) is 17.3. The summed E-state index contributed by atoms with van der Waals surface area (Å²) in [5.74, 6) is -0.149. The van der Waals surface area contributed by atoms with Crippen LogP contribution in [0.2, 0.25) is 0 Å². The van der Waals surface area contributed by atoms with E-state index in [1.807, 2.05) is 0 Å². The van der Waals surface area contributed by atoms with E-state index < -0.39 is 36.8 Å². The van der Waals surface area contributed by atoms with Gasteiger partial charge < -0.3 is 19.7 Å². The van der Waals surface area contributed by atoms with Gasteiger partial charge in [0.25, 0.3) is 0 Å². The number of Topliss-reactive ketones (excluding diaryl/α,β-unsaturated/α-hetero) is 1. The fraction of sp³-hybridized carbons (Fsp3) is 0.947. The van der Waals surface area contributed by atoms with Gasteiger partial charge >= 0.3 is 12.4 Å². The summed E-state index contributed by atoms with van der Waals surface area (Å²) < 4.78 is 85.4. The molecular formula is C19H32F6O5. The highest BCUT2D eigenvalue weighted by molar-refractivity contribution is 5.78. The van der Waals surface area contributed by atoms with E-state index in [2.05, 4.69) is 0 Å². The Morgan fingerprint density at radius 2 is 1.07 bits per heavy atom. The minimum Gasteiger partial charge on any atom is -0.381 e. The molecule has 0 radical (unpaired) electrons. The number of aliphatic hydroxyl groups excluding tert-OH is 2. The lowest BCUT2D eigenvalue weighted by Gasteiger charge is -2.24. The predicted octanol–water partition coefficient (Wildman–Crippen LogP) is 4.33. The summed E-state index contributed by atoms with van der Waals surface area (Å²) in [7, 11) is 0. The number of halogens is 6. The molecule has 0 amide bonds. The molecule has 0 saturated heterocycles. The third-order valence-corrected chi connectivity index (χ3v) is 4.53. The molecule has 0 aliphatic heterocycles. The van der Waals surface area contributed by atoms with Gasteiger partial charge in [-0.3, -0.25) is 4.79 Å². The number of hydrogen-bond donors (Lipinski definition) is 2. The molecule has 4 unspecified atom stereocenters. The average molecular weight is 454 g/mol. The highest BCUT2D eigenvalue weighted by atomic mass is 19.4. The first kappa shape index (κ1) is 29.1. The van der Waals surface area contributed by atoms with Crippen molar-refractivity contribution in [3.63, 3.8) is 0 Å². The highest BCUT2D eigenvalue weighted by Crippen LogP contribution is 2.27. The molecule has 0 aromatic rings. The average Bonchev–Trinajstić information content (AvgIpc) is 2.64. The molecule has 2 N–H and O–H groups in total. The third-order valence-electron chi connectivity index (χ3n) is 4.53. The lowest BCUT2D eigenvalue weighted by molar-refractivity contribution is -0.237. The van der Waals surface area contributed by atoms with Crippen molar-refractivity contribution in [1.29, 1.82) is 0 Å². The molecular weight excluding hydrogens is 422 g/mol. The van der Waals surface area contributed by atoms with Crippen LogP contribution in [-0.2, 0) is 14.3 Å². The molecule has 0 heterocycles. The monoisotopic (exact) mass is 454 g/mol. The zero-order chi connectivity index (χ0) is 23.4. The quantitative estimate of drug-likeness (QED) is 0.268. The number of carbonyl (C=O) groups is 1. The van der Waals surface area contributed by atoms with Crippen LogP contribution in [0, 0.1) is 0 Å². The van der Waals surface area contributed by atoms with Gasteiger partial charge in [-0.05, 0) is 39.5 Å². The van der Waals surface area contributed by atoms with Gasteiger partial charge in [-0.1, -0.05) is 12.8 Å². The van der Waals surface area contributed by atoms with Gasteiger partial charge in [-0.2, -0.15) is 26.3 Å². The Labute approximate surface area is 172 Å². The molecule has 0 aliphatic carbocycles. The Morgan fingerprint density at radius 3 is 1.33 bits per heavy atom. The van der Waals surface area contributed by atoms with Crippen molar-refractivity contribution in [3.8, 4) is 0 Å². The predicted molar refractivity (Wildman–Crippen MR) is 96.9 cm³/mol. The van der Waals surface area contributed by atoms with Crippen molar-refractivity contribution in [2.45, 2.75) is 102 Å². The summed E-state index contributed by atoms with van der Waals surface area (Å²) in [6, 6.07) is 0. The molecule has 0 spiro atoms. The fourth-order valence-corrected chi connectivity index (χ4v) is 2.97. The van der Waals surface area contributed by atoms with Crippen molar-refractivity contribution < 1.29 is 50.8 Å². The lowest BCUT2D eigenvalue weighted by atomic mass is 10.0. The van der Waals surface area contributed by atoms with Gasteiger partial charge in [0.1, 0.15) is 5.78 Å². The van der Waals surface area contributed by atoms with E-state index in [4.69, 9.17) is 9.47 Å². The highest BCUT2D eigenvalue weighted by Gasteiger charge is 2.44. The van der Waals surface area contributed by atoms with Gasteiger partial charge in [0, 0.05) is 26.1 Å². The Bertz CT molecular complexity index is 429. The van der Waals surface area contributed by atoms with E-state index in [1.54, 1.807) is 0 Å². The van der Waals surface area contributed by atoms with E-state index in [1.165, 1.54) is 13.8 Å². The number of aliphatic hydroxyl groups is 2. The van der Waals surface area contributed by atoms with E-state index in [0.29, 0.717) is 12.8 Å². The molecule has 0 fully saturated rings. The minimum absolute atomic E-state index is 0.0164. The van der Waals surface area contributed by atoms with Crippen LogP contribution in [0.3, 0.4) is 0 Å². The summed E-state index contributed by atoms with van der Waals surface area (Å²) in [4.78, 5) is 11.8. The second kappa shape index (κ2) is 14.2. The van der Waals surface area contributed by atoms with Crippen LogP contribution in [0.25, 0.3) is 0 Å². The Hall–Kier alpha value is -0.910. The first-order chi connectivity index (χ1) is 13.8. The van der Waals surface area contributed by atoms with E-state index >= 15 is 0 Å². The fourth-order valence-electron chi connectivity index (χ4n) is 2.97. The maximum absolute atomic E-state index is 12.6. The summed E-state index contributed by atoms with van der Waals surface area (Å²) in [6.07, 6.45) is -16.2. The van der Waals surface area contributed by atoms with Crippen molar-refractivity contribution in [1.82, 2.24) is 0 Å². The van der Waals surface area contributed by atoms with Gasteiger partial charge in [-0.25, -0.2) is 0 Å². The smallest absolute Gasteiger partial charge is 0.381 e. The molecule has 11 heteroatoms. The van der Waals surface area contributed by atoms with Gasteiger partial charge in [-0.15, -0.1) is 0 Å². The SMILES string of the molecule is CCOC(CCCCC(=O)CCCCC(OCC)C(O)C(F)(F)F)C(O)C(F)(F)F. The van der Waals surface area contributed by atoms with E-state index in [-0.39, 0.29) is 57.5 Å². The normalized spacial score (nSPS) is 16.9. The van der Waals surface area contributed by atoms with Crippen LogP contribution in [0.5, 0.6) is 0 Å². The Balaban J connectivity index is 4.17. The Kier molecular flexibility index (Phi) is 13.8. The van der Waals surface area contributed by atoms with Crippen molar-refractivity contribution in [3.05, 3.63) is 0 Å². The number of ketones is 1. The number of ether oxygens (including phenoxy) is 2. The van der Waals surface area contributed by atoms with Gasteiger partial charge in [0.2, 0.25) is 0 Å². The van der Waals surface area contributed by atoms with Crippen LogP contribution < -0.4 is 0 Å². The lowest BCUT2D eigenvalue weighted by Crippen LogP contribution is -2.41. The van der Waals surface area contributed by atoms with E-state index in [9.17, 15) is 41.4 Å². The summed E-state index contributed by atoms with van der Waals surface area (Å²) >= 11 is 0. The molecule has 0 aromatic heterocycles. The molecule has 0 aromatic carbocycles. The largest absolute Gasteiger partial charge is 0.416 e. The first-order valence-corrected chi connectivity index (χ1v) is 10.1. The second-order valence-electron chi connectivity index (χ2n) is 6.99. The van der Waals surface area contributed by atoms with Crippen LogP contribution in [-0.4, -0.2) is 66.0 Å². The third kappa shape index (κ3) is 12.1. The number of hydrogen-bond acceptors (Lipinski definition) is 5. The first-order valence-electron chi connectivity index (χ1n) is 10.1. The van der Waals surface area contributed by atoms with Crippen LogP contribution in [0.1, 0.15) is 65.2 Å².